The number of nitrogens with zero attached hydrogens (tertiary/aromatic N) is 1. The number of ether oxygens (including phenoxy) is 7. The van der Waals surface area contributed by atoms with Gasteiger partial charge in [0.25, 0.3) is 5.91 Å². The maximum absolute atomic E-state index is 13.1. The van der Waals surface area contributed by atoms with Gasteiger partial charge in [-0.2, -0.15) is 0 Å². The first-order chi connectivity index (χ1) is 30.5. The van der Waals surface area contributed by atoms with Gasteiger partial charge in [0.2, 0.25) is 0 Å². The lowest BCUT2D eigenvalue weighted by molar-refractivity contribution is 0.0598. The lowest BCUT2D eigenvalue weighted by Crippen LogP contribution is -2.19. The topological polar surface area (TPSA) is 159 Å². The molecular weight excluding hydrogens is 848 g/mol. The molecule has 0 aliphatic rings. The number of hydrogen-bond donors (Lipinski definition) is 1. The van der Waals surface area contributed by atoms with Crippen LogP contribution in [-0.4, -0.2) is 90.0 Å². The lowest BCUT2D eigenvalue weighted by atomic mass is 10.1. The molecule has 63 heavy (non-hydrogen) atoms. The number of aromatic nitrogens is 1. The highest BCUT2D eigenvalue weighted by molar-refractivity contribution is 7.53. The average molecular weight is 907 g/mol. The molecule has 1 heterocycles. The van der Waals surface area contributed by atoms with Crippen LogP contribution in [0.5, 0.6) is 23.0 Å². The Bertz CT molecular complexity index is 2160. The first kappa shape index (κ1) is 50.4. The van der Waals surface area contributed by atoms with Crippen molar-refractivity contribution in [1.29, 1.82) is 0 Å². The van der Waals surface area contributed by atoms with Crippen molar-refractivity contribution in [3.05, 3.63) is 130 Å². The van der Waals surface area contributed by atoms with Gasteiger partial charge in [-0.1, -0.05) is 60.7 Å². The molecule has 5 rings (SSSR count). The van der Waals surface area contributed by atoms with Crippen molar-refractivity contribution >= 4 is 35.9 Å². The van der Waals surface area contributed by atoms with E-state index in [1.165, 1.54) is 24.0 Å². The Labute approximate surface area is 374 Å². The molecule has 5 aromatic rings. The van der Waals surface area contributed by atoms with Gasteiger partial charge in [0.1, 0.15) is 35.2 Å². The Kier molecular flexibility index (Phi) is 21.6. The van der Waals surface area contributed by atoms with E-state index >= 15 is 0 Å². The molecule has 0 saturated carbocycles. The molecule has 16 heteroatoms. The summed E-state index contributed by atoms with van der Waals surface area (Å²) in [6.45, 7) is 9.61. The van der Waals surface area contributed by atoms with Crippen molar-refractivity contribution in [2.24, 2.45) is 0 Å². The van der Waals surface area contributed by atoms with E-state index in [1.807, 2.05) is 62.4 Å². The Morgan fingerprint density at radius 1 is 0.683 bits per heavy atom. The van der Waals surface area contributed by atoms with Gasteiger partial charge >= 0.3 is 13.6 Å². The van der Waals surface area contributed by atoms with E-state index in [1.54, 1.807) is 69.8 Å². The summed E-state index contributed by atoms with van der Waals surface area (Å²) in [5.74, 6) is 1.31. The molecule has 0 aliphatic carbocycles. The van der Waals surface area contributed by atoms with Crippen LogP contribution >= 0.6 is 18.9 Å². The van der Waals surface area contributed by atoms with Gasteiger partial charge in [-0.3, -0.25) is 14.7 Å². The Balaban J connectivity index is 0.000000302. The van der Waals surface area contributed by atoms with Gasteiger partial charge in [-0.15, -0.1) is 11.3 Å². The Morgan fingerprint density at radius 3 is 1.63 bits per heavy atom. The third kappa shape index (κ3) is 18.2. The number of nitrogens with one attached hydrogen (secondary N) is 1. The van der Waals surface area contributed by atoms with Crippen molar-refractivity contribution in [1.82, 2.24) is 4.98 Å². The monoisotopic (exact) mass is 906 g/mol. The van der Waals surface area contributed by atoms with Gasteiger partial charge in [0.15, 0.2) is 5.13 Å². The fourth-order valence-corrected chi connectivity index (χ4v) is 8.44. The number of methoxy groups -OCH3 is 3. The largest absolute Gasteiger partial charge is 0.493 e. The van der Waals surface area contributed by atoms with Crippen LogP contribution in [0.4, 0.5) is 5.13 Å². The van der Waals surface area contributed by atoms with Crippen molar-refractivity contribution in [2.75, 3.05) is 66.3 Å². The Morgan fingerprint density at radius 2 is 1.16 bits per heavy atom. The minimum Gasteiger partial charge on any atom is -0.493 e. The standard InChI is InChI=1S/C27H35N2O7PS.C20H24O5/c1-5-34-37(31,35-6-2)18-23-19-38-27(28-23)29-26(30)22-14-24(16-25(15-22)36-20(3)17-32-4)33-13-12-21-10-8-7-9-11-21;1-15(14-22-2)25-19-12-17(20(21)23-3)11-18(13-19)24-10-9-16-7-5-4-6-8-16/h7-11,14-16,19-20H,5-6,12-13,17-18H2,1-4H3,(H,28,29,30);4-8,11-13,15H,9-10,14H2,1-3H3/t20-;15-/m00/s1. The van der Waals surface area contributed by atoms with Crippen molar-refractivity contribution in [3.63, 3.8) is 0 Å². The highest BCUT2D eigenvalue weighted by Gasteiger charge is 2.26. The van der Waals surface area contributed by atoms with Crippen LogP contribution in [0.3, 0.4) is 0 Å². The molecule has 1 amide bonds. The number of rotatable bonds is 25. The molecule has 0 bridgehead atoms. The fraction of sp³-hybridized carbons (Fsp3) is 0.383. The summed E-state index contributed by atoms with van der Waals surface area (Å²) in [7, 11) is 1.27. The molecule has 1 N–H and O–H groups in total. The number of benzene rings is 4. The van der Waals surface area contributed by atoms with Crippen LogP contribution in [0.25, 0.3) is 0 Å². The van der Waals surface area contributed by atoms with Crippen LogP contribution in [0.1, 0.15) is 65.2 Å². The second-order valence-corrected chi connectivity index (χ2v) is 16.9. The van der Waals surface area contributed by atoms with E-state index < -0.39 is 13.6 Å². The third-order valence-electron chi connectivity index (χ3n) is 8.70. The minimum atomic E-state index is -3.30. The van der Waals surface area contributed by atoms with Gasteiger partial charge in [0.05, 0.1) is 64.2 Å². The summed E-state index contributed by atoms with van der Waals surface area (Å²) in [6, 6.07) is 30.2. The normalized spacial score (nSPS) is 12.0. The molecule has 0 unspecified atom stereocenters. The van der Waals surface area contributed by atoms with Crippen molar-refractivity contribution in [3.8, 4) is 23.0 Å². The molecule has 0 aliphatic heterocycles. The molecule has 340 valence electrons. The van der Waals surface area contributed by atoms with Gasteiger partial charge in [0, 0.05) is 50.1 Å². The smallest absolute Gasteiger partial charge is 0.338 e. The molecule has 14 nitrogen and oxygen atoms in total. The van der Waals surface area contributed by atoms with Crippen molar-refractivity contribution in [2.45, 2.75) is 58.9 Å². The predicted molar refractivity (Wildman–Crippen MR) is 244 cm³/mol. The number of hydrogen-bond acceptors (Lipinski definition) is 14. The molecule has 4 aromatic carbocycles. The quantitative estimate of drug-likeness (QED) is 0.0436. The van der Waals surface area contributed by atoms with Crippen LogP contribution in [0, 0.1) is 0 Å². The number of carbonyl (C=O) groups excluding carboxylic acids is 2. The Hall–Kier alpha value is -5.28. The lowest BCUT2D eigenvalue weighted by Gasteiger charge is -2.16. The van der Waals surface area contributed by atoms with Crippen LogP contribution in [0.2, 0.25) is 0 Å². The molecule has 0 saturated heterocycles. The summed E-state index contributed by atoms with van der Waals surface area (Å²) in [5.41, 5.74) is 3.61. The zero-order valence-corrected chi connectivity index (χ0v) is 38.7. The zero-order valence-electron chi connectivity index (χ0n) is 37.0. The van der Waals surface area contributed by atoms with Gasteiger partial charge in [-0.25, -0.2) is 9.78 Å². The first-order valence-corrected chi connectivity index (χ1v) is 23.2. The van der Waals surface area contributed by atoms with Crippen LogP contribution < -0.4 is 24.3 Å². The van der Waals surface area contributed by atoms with Crippen LogP contribution in [-0.2, 0) is 46.8 Å². The fourth-order valence-electron chi connectivity index (χ4n) is 6.00. The summed E-state index contributed by atoms with van der Waals surface area (Å²) < 4.78 is 62.1. The molecule has 0 spiro atoms. The summed E-state index contributed by atoms with van der Waals surface area (Å²) in [6.07, 6.45) is 1.17. The summed E-state index contributed by atoms with van der Waals surface area (Å²) >= 11 is 1.23. The molecule has 0 fully saturated rings. The number of thiazole rings is 1. The highest BCUT2D eigenvalue weighted by atomic mass is 32.1. The molecule has 2 atom stereocenters. The maximum Gasteiger partial charge on any atom is 0.338 e. The second-order valence-electron chi connectivity index (χ2n) is 14.0. The number of esters is 1. The van der Waals surface area contributed by atoms with E-state index in [0.717, 1.165) is 18.4 Å². The average Bonchev–Trinajstić information content (AvgIpc) is 3.70. The molecular formula is C47H59N2O12PS. The number of amides is 1. The van der Waals surface area contributed by atoms with Gasteiger partial charge in [-0.05, 0) is 63.1 Å². The second kappa shape index (κ2) is 27.0. The number of carbonyl (C=O) groups is 2. The maximum atomic E-state index is 13.1. The van der Waals surface area contributed by atoms with E-state index in [9.17, 15) is 14.2 Å². The number of anilines is 1. The highest BCUT2D eigenvalue weighted by Crippen LogP contribution is 2.51. The summed E-state index contributed by atoms with van der Waals surface area (Å²) in [5, 5.41) is 4.90. The summed E-state index contributed by atoms with van der Waals surface area (Å²) in [4.78, 5) is 29.4. The molecule has 1 aromatic heterocycles. The molecule has 0 radical (unpaired) electrons. The van der Waals surface area contributed by atoms with Crippen LogP contribution in [0.15, 0.2) is 102 Å². The van der Waals surface area contributed by atoms with E-state index in [0.29, 0.717) is 71.4 Å². The van der Waals surface area contributed by atoms with E-state index in [-0.39, 0.29) is 37.5 Å². The van der Waals surface area contributed by atoms with Crippen molar-refractivity contribution < 1.29 is 56.4 Å². The van der Waals surface area contributed by atoms with E-state index in [4.69, 9.17) is 42.2 Å². The third-order valence-corrected chi connectivity index (χ3v) is 11.5. The van der Waals surface area contributed by atoms with Gasteiger partial charge < -0.3 is 42.2 Å². The zero-order chi connectivity index (χ0) is 45.5. The SMILES string of the molecule is CCOP(=O)(Cc1csc(NC(=O)c2cc(OCCc3ccccc3)cc(O[C@@H](C)COC)c2)n1)OCC.COC[C@H](C)Oc1cc(OCCc2ccccc2)cc(C(=O)OC)c1. The first-order valence-electron chi connectivity index (χ1n) is 20.6. The van der Waals surface area contributed by atoms with E-state index in [2.05, 4.69) is 22.4 Å². The predicted octanol–water partition coefficient (Wildman–Crippen LogP) is 9.71. The minimum absolute atomic E-state index is 0.0289.